The fourth-order valence-electron chi connectivity index (χ4n) is 6.92. The summed E-state index contributed by atoms with van der Waals surface area (Å²) in [5.74, 6) is -2.33. The predicted molar refractivity (Wildman–Crippen MR) is 185 cm³/mol. The molecule has 0 saturated heterocycles. The third kappa shape index (κ3) is 4.52. The van der Waals surface area contributed by atoms with E-state index in [0.29, 0.717) is 11.4 Å². The monoisotopic (exact) mass is 654 g/mol. The Morgan fingerprint density at radius 2 is 0.783 bits per heavy atom. The number of rotatable bonds is 6. The first-order valence-electron chi connectivity index (χ1n) is 15.7. The highest BCUT2D eigenvalue weighted by atomic mass is 35.5. The number of hydrogen-bond acceptors (Lipinski definition) is 4. The van der Waals surface area contributed by atoms with Gasteiger partial charge in [-0.05, 0) is 58.1 Å². The molecule has 6 rings (SSSR count). The molecule has 46 heavy (non-hydrogen) atoms. The summed E-state index contributed by atoms with van der Waals surface area (Å²) in [7, 11) is 0. The van der Waals surface area contributed by atoms with Crippen molar-refractivity contribution in [1.82, 2.24) is 0 Å². The van der Waals surface area contributed by atoms with Gasteiger partial charge < -0.3 is 0 Å². The van der Waals surface area contributed by atoms with Crippen LogP contribution in [0.5, 0.6) is 0 Å². The van der Waals surface area contributed by atoms with Gasteiger partial charge >= 0.3 is 0 Å². The maximum Gasteiger partial charge on any atom is 0.267 e. The standard InChI is InChI=1S/C38H36Cl2N2O4/c1-17(2)21-11-9-12-22(18(3)4)33(21)41-35(43)25-15-27(39)30-32-29(25)26(36(41)44)16-28(40)31(32)38(46)42(37(30)45)34-23(19(5)6)13-10-14-24(34)20(7)8/h9-20H,1-8H3. The maximum atomic E-state index is 14.5. The summed E-state index contributed by atoms with van der Waals surface area (Å²) >= 11 is 13.8. The highest BCUT2D eigenvalue weighted by molar-refractivity contribution is 6.50. The number of hydrogen-bond donors (Lipinski definition) is 0. The molecule has 2 heterocycles. The maximum absolute atomic E-state index is 14.5. The summed E-state index contributed by atoms with van der Waals surface area (Å²) in [5, 5.41) is 0.389. The number of halogens is 2. The normalized spacial score (nSPS) is 14.7. The summed E-state index contributed by atoms with van der Waals surface area (Å²) in [6.07, 6.45) is 0. The molecular formula is C38H36Cl2N2O4. The van der Waals surface area contributed by atoms with Crippen LogP contribution in [0, 0.1) is 0 Å². The smallest absolute Gasteiger partial charge is 0.267 e. The van der Waals surface area contributed by atoms with Crippen molar-refractivity contribution in [2.75, 3.05) is 9.80 Å². The van der Waals surface area contributed by atoms with Gasteiger partial charge in [-0.25, -0.2) is 9.80 Å². The van der Waals surface area contributed by atoms with Crippen molar-refractivity contribution < 1.29 is 19.2 Å². The van der Waals surface area contributed by atoms with Gasteiger partial charge in [-0.2, -0.15) is 0 Å². The van der Waals surface area contributed by atoms with E-state index in [-0.39, 0.29) is 66.7 Å². The number of nitrogens with zero attached hydrogens (tertiary/aromatic N) is 2. The van der Waals surface area contributed by atoms with Gasteiger partial charge in [0.1, 0.15) is 0 Å². The molecule has 4 aromatic carbocycles. The van der Waals surface area contributed by atoms with Crippen LogP contribution >= 0.6 is 23.2 Å². The molecule has 0 atom stereocenters. The van der Waals surface area contributed by atoms with Crippen LogP contribution in [0.3, 0.4) is 0 Å². The molecular weight excluding hydrogens is 619 g/mol. The van der Waals surface area contributed by atoms with E-state index in [2.05, 4.69) is 0 Å². The van der Waals surface area contributed by atoms with E-state index >= 15 is 0 Å². The van der Waals surface area contributed by atoms with Crippen LogP contribution in [0.2, 0.25) is 10.0 Å². The fourth-order valence-corrected chi connectivity index (χ4v) is 7.49. The van der Waals surface area contributed by atoms with Crippen molar-refractivity contribution in [3.63, 3.8) is 0 Å². The molecule has 0 bridgehead atoms. The van der Waals surface area contributed by atoms with Crippen LogP contribution in [-0.2, 0) is 0 Å². The molecule has 0 aliphatic carbocycles. The van der Waals surface area contributed by atoms with Crippen molar-refractivity contribution in [1.29, 1.82) is 0 Å². The Bertz CT molecular complexity index is 1900. The second kappa shape index (κ2) is 11.4. The summed E-state index contributed by atoms with van der Waals surface area (Å²) in [6, 6.07) is 14.5. The SMILES string of the molecule is CC(C)c1cccc(C(C)C)c1N1C(=O)c2cc(Cl)c3c4c(c(Cl)cc(c24)C1=O)C(=O)N(c1c(C(C)C)cccc1C(C)C)C3=O. The fraction of sp³-hybridized carbons (Fsp3) is 0.316. The van der Waals surface area contributed by atoms with Crippen molar-refractivity contribution >= 4 is 69.0 Å². The molecule has 0 aromatic heterocycles. The Labute approximate surface area is 279 Å². The molecule has 0 saturated carbocycles. The Morgan fingerprint density at radius 3 is 1.09 bits per heavy atom. The van der Waals surface area contributed by atoms with E-state index in [1.165, 1.54) is 21.9 Å². The third-order valence-electron chi connectivity index (χ3n) is 9.14. The van der Waals surface area contributed by atoms with E-state index in [1.807, 2.05) is 91.8 Å². The van der Waals surface area contributed by atoms with Crippen LogP contribution in [0.1, 0.15) is 143 Å². The Morgan fingerprint density at radius 1 is 0.478 bits per heavy atom. The molecule has 0 radical (unpaired) electrons. The average Bonchev–Trinajstić information content (AvgIpc) is 2.98. The van der Waals surface area contributed by atoms with Gasteiger partial charge in [-0.3, -0.25) is 19.2 Å². The lowest BCUT2D eigenvalue weighted by atomic mass is 9.83. The number of para-hydroxylation sites is 2. The molecule has 8 heteroatoms. The summed E-state index contributed by atoms with van der Waals surface area (Å²) in [6.45, 7) is 16.1. The quantitative estimate of drug-likeness (QED) is 0.194. The molecule has 0 fully saturated rings. The lowest BCUT2D eigenvalue weighted by Gasteiger charge is -2.36. The highest BCUT2D eigenvalue weighted by Crippen LogP contribution is 2.48. The minimum absolute atomic E-state index is 0.00248. The highest BCUT2D eigenvalue weighted by Gasteiger charge is 2.45. The van der Waals surface area contributed by atoms with Crippen LogP contribution in [0.25, 0.3) is 10.8 Å². The van der Waals surface area contributed by atoms with Crippen LogP contribution < -0.4 is 9.80 Å². The molecule has 6 nitrogen and oxygen atoms in total. The summed E-state index contributed by atoms with van der Waals surface area (Å²) in [4.78, 5) is 60.3. The number of anilines is 2. The summed E-state index contributed by atoms with van der Waals surface area (Å²) < 4.78 is 0. The molecule has 4 amide bonds. The van der Waals surface area contributed by atoms with E-state index in [0.717, 1.165) is 22.3 Å². The van der Waals surface area contributed by atoms with E-state index in [4.69, 9.17) is 23.2 Å². The summed E-state index contributed by atoms with van der Waals surface area (Å²) in [5.41, 5.74) is 4.80. The second-order valence-electron chi connectivity index (χ2n) is 13.4. The predicted octanol–water partition coefficient (Wildman–Crippen LogP) is 10.2. The molecule has 2 aliphatic rings. The van der Waals surface area contributed by atoms with Gasteiger partial charge in [0.05, 0.1) is 43.7 Å². The molecule has 236 valence electrons. The molecule has 4 aromatic rings. The van der Waals surface area contributed by atoms with Crippen LogP contribution in [0.4, 0.5) is 11.4 Å². The number of benzene rings is 4. The Balaban J connectivity index is 1.65. The van der Waals surface area contributed by atoms with E-state index < -0.39 is 23.6 Å². The number of carbonyl (C=O) groups is 4. The van der Waals surface area contributed by atoms with Crippen molar-refractivity contribution in [3.05, 3.63) is 103 Å². The lowest BCUT2D eigenvalue weighted by Crippen LogP contribution is -2.45. The van der Waals surface area contributed by atoms with Gasteiger partial charge in [0.2, 0.25) is 0 Å². The van der Waals surface area contributed by atoms with Gasteiger partial charge in [0, 0.05) is 10.8 Å². The minimum Gasteiger partial charge on any atom is -0.268 e. The molecule has 2 aliphatic heterocycles. The van der Waals surface area contributed by atoms with Crippen molar-refractivity contribution in [3.8, 4) is 0 Å². The zero-order chi connectivity index (χ0) is 33.5. The number of carbonyl (C=O) groups excluding carboxylic acids is 4. The first-order chi connectivity index (χ1) is 21.7. The van der Waals surface area contributed by atoms with E-state index in [1.54, 1.807) is 0 Å². The molecule has 0 N–H and O–H groups in total. The topological polar surface area (TPSA) is 74.8 Å². The first kappa shape index (κ1) is 32.0. The lowest BCUT2D eigenvalue weighted by molar-refractivity contribution is 0.0872. The van der Waals surface area contributed by atoms with Gasteiger partial charge in [0.25, 0.3) is 23.6 Å². The van der Waals surface area contributed by atoms with Crippen LogP contribution in [0.15, 0.2) is 48.5 Å². The first-order valence-corrected chi connectivity index (χ1v) is 16.5. The van der Waals surface area contributed by atoms with Gasteiger partial charge in [-0.1, -0.05) is 115 Å². The van der Waals surface area contributed by atoms with E-state index in [9.17, 15) is 19.2 Å². The number of amides is 4. The van der Waals surface area contributed by atoms with Crippen molar-refractivity contribution in [2.45, 2.75) is 79.1 Å². The van der Waals surface area contributed by atoms with Crippen LogP contribution in [-0.4, -0.2) is 23.6 Å². The zero-order valence-corrected chi connectivity index (χ0v) is 28.7. The largest absolute Gasteiger partial charge is 0.268 e. The average molecular weight is 656 g/mol. The zero-order valence-electron chi connectivity index (χ0n) is 27.2. The minimum atomic E-state index is -0.619. The van der Waals surface area contributed by atoms with Gasteiger partial charge in [0.15, 0.2) is 0 Å². The van der Waals surface area contributed by atoms with Gasteiger partial charge in [-0.15, -0.1) is 0 Å². The third-order valence-corrected chi connectivity index (χ3v) is 9.74. The Kier molecular flexibility index (Phi) is 7.89. The number of imide groups is 2. The Hall–Kier alpha value is -4.00. The van der Waals surface area contributed by atoms with Crippen molar-refractivity contribution in [2.24, 2.45) is 0 Å². The second-order valence-corrected chi connectivity index (χ2v) is 14.2. The molecule has 0 spiro atoms. The molecule has 0 unspecified atom stereocenters.